The first-order valence-corrected chi connectivity index (χ1v) is 8.81. The maximum absolute atomic E-state index is 12.4. The fourth-order valence-electron chi connectivity index (χ4n) is 3.05. The first kappa shape index (κ1) is 17.9. The molecule has 3 rings (SSSR count). The summed E-state index contributed by atoms with van der Waals surface area (Å²) in [7, 11) is 0. The Morgan fingerprint density at radius 3 is 2.12 bits per heavy atom. The van der Waals surface area contributed by atoms with E-state index in [1.54, 1.807) is 17.0 Å². The van der Waals surface area contributed by atoms with Crippen molar-refractivity contribution in [2.45, 2.75) is 6.04 Å². The molecule has 0 aromatic heterocycles. The summed E-state index contributed by atoms with van der Waals surface area (Å²) in [5, 5.41) is 2.65. The van der Waals surface area contributed by atoms with Crippen molar-refractivity contribution >= 4 is 17.5 Å². The second kappa shape index (κ2) is 8.49. The lowest BCUT2D eigenvalue weighted by Crippen LogP contribution is -2.51. The van der Waals surface area contributed by atoms with E-state index in [1.807, 2.05) is 36.4 Å². The maximum atomic E-state index is 12.4. The minimum atomic E-state index is -0.765. The Hall–Kier alpha value is -2.86. The van der Waals surface area contributed by atoms with Gasteiger partial charge in [-0.25, -0.2) is 0 Å². The summed E-state index contributed by atoms with van der Waals surface area (Å²) in [6.07, 6.45) is 0. The Kier molecular flexibility index (Phi) is 5.86. The fraction of sp³-hybridized carbons (Fsp3) is 0.300. The molecule has 0 radical (unpaired) electrons. The van der Waals surface area contributed by atoms with Gasteiger partial charge in [-0.15, -0.1) is 0 Å². The Balaban J connectivity index is 1.45. The molecule has 1 saturated heterocycles. The summed E-state index contributed by atoms with van der Waals surface area (Å²) < 4.78 is 0. The van der Waals surface area contributed by atoms with E-state index in [0.717, 1.165) is 18.7 Å². The number of nitrogens with one attached hydrogen (secondary N) is 1. The molecule has 2 amide bonds. The van der Waals surface area contributed by atoms with Crippen LogP contribution in [0.5, 0.6) is 0 Å². The molecule has 1 heterocycles. The molecule has 1 unspecified atom stereocenters. The average Bonchev–Trinajstić information content (AvgIpc) is 2.72. The van der Waals surface area contributed by atoms with Crippen molar-refractivity contribution in [3.05, 3.63) is 66.2 Å². The van der Waals surface area contributed by atoms with Crippen LogP contribution in [0.2, 0.25) is 0 Å². The normalized spacial score (nSPS) is 15.4. The Morgan fingerprint density at radius 1 is 0.923 bits per heavy atom. The number of para-hydroxylation sites is 1. The minimum absolute atomic E-state index is 0.0231. The molecule has 1 aliphatic rings. The number of anilines is 1. The van der Waals surface area contributed by atoms with Crippen LogP contribution in [-0.4, -0.2) is 49.4 Å². The molecule has 0 aliphatic carbocycles. The monoisotopic (exact) mass is 352 g/mol. The van der Waals surface area contributed by atoms with Crippen molar-refractivity contribution in [2.24, 2.45) is 5.73 Å². The van der Waals surface area contributed by atoms with Crippen LogP contribution in [0.25, 0.3) is 0 Å². The number of piperazine rings is 1. The summed E-state index contributed by atoms with van der Waals surface area (Å²) in [4.78, 5) is 28.6. The van der Waals surface area contributed by atoms with Crippen LogP contribution in [0.1, 0.15) is 11.6 Å². The predicted octanol–water partition coefficient (Wildman–Crippen LogP) is 1.15. The summed E-state index contributed by atoms with van der Waals surface area (Å²) in [6, 6.07) is 18.5. The molecule has 136 valence electrons. The Bertz CT molecular complexity index is 728. The molecule has 6 nitrogen and oxygen atoms in total. The second-order valence-electron chi connectivity index (χ2n) is 6.31. The van der Waals surface area contributed by atoms with Crippen LogP contribution < -0.4 is 16.0 Å². The first-order chi connectivity index (χ1) is 12.6. The quantitative estimate of drug-likeness (QED) is 0.846. The molecule has 0 saturated carbocycles. The van der Waals surface area contributed by atoms with Crippen LogP contribution >= 0.6 is 0 Å². The number of rotatable bonds is 5. The molecule has 0 spiro atoms. The molecular weight excluding hydrogens is 328 g/mol. The number of carbonyl (C=O) groups is 2. The number of benzene rings is 2. The van der Waals surface area contributed by atoms with E-state index >= 15 is 0 Å². The molecule has 1 aliphatic heterocycles. The summed E-state index contributed by atoms with van der Waals surface area (Å²) in [5.74, 6) is -0.418. The molecule has 1 atom stereocenters. The number of nitrogens with zero attached hydrogens (tertiary/aromatic N) is 2. The molecule has 2 aromatic rings. The second-order valence-corrected chi connectivity index (χ2v) is 6.31. The smallest absolute Gasteiger partial charge is 0.242 e. The zero-order valence-corrected chi connectivity index (χ0v) is 14.7. The van der Waals surface area contributed by atoms with E-state index in [1.165, 1.54) is 5.69 Å². The number of carbonyl (C=O) groups excluding carboxylic acids is 2. The molecule has 26 heavy (non-hydrogen) atoms. The van der Waals surface area contributed by atoms with E-state index in [4.69, 9.17) is 5.73 Å². The highest BCUT2D eigenvalue weighted by molar-refractivity contribution is 5.88. The third-order valence-corrected chi connectivity index (χ3v) is 4.61. The average molecular weight is 352 g/mol. The maximum Gasteiger partial charge on any atom is 0.242 e. The van der Waals surface area contributed by atoms with Crippen LogP contribution in [-0.2, 0) is 9.59 Å². The Labute approximate surface area is 153 Å². The van der Waals surface area contributed by atoms with E-state index in [2.05, 4.69) is 22.3 Å². The highest BCUT2D eigenvalue weighted by atomic mass is 16.2. The SMILES string of the molecule is NC(C(=O)NCC(=O)N1CCN(c2ccccc2)CC1)c1ccccc1. The topological polar surface area (TPSA) is 78.7 Å². The third-order valence-electron chi connectivity index (χ3n) is 4.61. The molecule has 2 aromatic carbocycles. The minimum Gasteiger partial charge on any atom is -0.368 e. The van der Waals surface area contributed by atoms with Crippen LogP contribution in [0.15, 0.2) is 60.7 Å². The standard InChI is InChI=1S/C20H24N4O2/c21-19(16-7-3-1-4-8-16)20(26)22-15-18(25)24-13-11-23(12-14-24)17-9-5-2-6-10-17/h1-10,19H,11-15,21H2,(H,22,26). The van der Waals surface area contributed by atoms with Crippen molar-refractivity contribution in [3.63, 3.8) is 0 Å². The number of amides is 2. The van der Waals surface area contributed by atoms with E-state index < -0.39 is 6.04 Å². The fourth-order valence-corrected chi connectivity index (χ4v) is 3.05. The molecule has 1 fully saturated rings. The van der Waals surface area contributed by atoms with Crippen LogP contribution in [0.3, 0.4) is 0 Å². The lowest BCUT2D eigenvalue weighted by atomic mass is 10.1. The van der Waals surface area contributed by atoms with Gasteiger partial charge in [0.1, 0.15) is 6.04 Å². The van der Waals surface area contributed by atoms with Gasteiger partial charge in [0, 0.05) is 31.9 Å². The van der Waals surface area contributed by atoms with Gasteiger partial charge >= 0.3 is 0 Å². The predicted molar refractivity (Wildman–Crippen MR) is 102 cm³/mol. The molecule has 6 heteroatoms. The van der Waals surface area contributed by atoms with E-state index in [0.29, 0.717) is 13.1 Å². The largest absolute Gasteiger partial charge is 0.368 e. The van der Waals surface area contributed by atoms with Gasteiger partial charge in [0.05, 0.1) is 6.54 Å². The van der Waals surface area contributed by atoms with Crippen molar-refractivity contribution < 1.29 is 9.59 Å². The zero-order valence-electron chi connectivity index (χ0n) is 14.7. The number of hydrogen-bond acceptors (Lipinski definition) is 4. The van der Waals surface area contributed by atoms with Crippen LogP contribution in [0, 0.1) is 0 Å². The molecule has 3 N–H and O–H groups in total. The van der Waals surface area contributed by atoms with Gasteiger partial charge in [-0.05, 0) is 17.7 Å². The zero-order chi connectivity index (χ0) is 18.4. The van der Waals surface area contributed by atoms with E-state index in [-0.39, 0.29) is 18.4 Å². The summed E-state index contributed by atoms with van der Waals surface area (Å²) in [5.41, 5.74) is 7.84. The van der Waals surface area contributed by atoms with Crippen molar-refractivity contribution in [1.29, 1.82) is 0 Å². The van der Waals surface area contributed by atoms with Crippen LogP contribution in [0.4, 0.5) is 5.69 Å². The van der Waals surface area contributed by atoms with Crippen molar-refractivity contribution in [2.75, 3.05) is 37.6 Å². The van der Waals surface area contributed by atoms with Gasteiger partial charge in [-0.1, -0.05) is 48.5 Å². The molecular formula is C20H24N4O2. The van der Waals surface area contributed by atoms with Gasteiger partial charge in [-0.3, -0.25) is 9.59 Å². The number of nitrogens with two attached hydrogens (primary N) is 1. The van der Waals surface area contributed by atoms with Crippen molar-refractivity contribution in [3.8, 4) is 0 Å². The van der Waals surface area contributed by atoms with Gasteiger partial charge in [-0.2, -0.15) is 0 Å². The van der Waals surface area contributed by atoms with Gasteiger partial charge in [0.15, 0.2) is 0 Å². The third kappa shape index (κ3) is 4.40. The van der Waals surface area contributed by atoms with Crippen molar-refractivity contribution in [1.82, 2.24) is 10.2 Å². The molecule has 0 bridgehead atoms. The Morgan fingerprint density at radius 2 is 1.50 bits per heavy atom. The summed E-state index contributed by atoms with van der Waals surface area (Å²) >= 11 is 0. The van der Waals surface area contributed by atoms with E-state index in [9.17, 15) is 9.59 Å². The van der Waals surface area contributed by atoms with Gasteiger partial charge in [0.2, 0.25) is 11.8 Å². The first-order valence-electron chi connectivity index (χ1n) is 8.81. The lowest BCUT2D eigenvalue weighted by molar-refractivity contribution is -0.133. The highest BCUT2D eigenvalue weighted by Crippen LogP contribution is 2.15. The summed E-state index contributed by atoms with van der Waals surface area (Å²) in [6.45, 7) is 2.84. The highest BCUT2D eigenvalue weighted by Gasteiger charge is 2.22. The van der Waals surface area contributed by atoms with Gasteiger partial charge < -0.3 is 20.9 Å². The lowest BCUT2D eigenvalue weighted by Gasteiger charge is -2.36. The number of hydrogen-bond donors (Lipinski definition) is 2. The van der Waals surface area contributed by atoms with Gasteiger partial charge in [0.25, 0.3) is 0 Å².